The highest BCUT2D eigenvalue weighted by molar-refractivity contribution is 5.95. The molecule has 2 atom stereocenters. The first-order valence-electron chi connectivity index (χ1n) is 7.30. The zero-order valence-electron chi connectivity index (χ0n) is 12.1. The van der Waals surface area contributed by atoms with E-state index in [0.29, 0.717) is 12.8 Å². The number of hydrogen-bond acceptors (Lipinski definition) is 3. The number of fused-ring (bicyclic) bond motifs is 1. The van der Waals surface area contributed by atoms with Crippen molar-refractivity contribution in [2.75, 3.05) is 13.1 Å². The molecule has 124 valence electrons. The maximum Gasteiger partial charge on any atom is 0.418 e. The summed E-state index contributed by atoms with van der Waals surface area (Å²) in [5.74, 6) is -2.04. The van der Waals surface area contributed by atoms with E-state index in [9.17, 15) is 27.9 Å². The number of hydrogen-bond donors (Lipinski definition) is 1. The Balaban J connectivity index is 1.91. The van der Waals surface area contributed by atoms with Crippen LogP contribution in [-0.4, -0.2) is 40.0 Å². The number of aliphatic carboxylic acids is 1. The molecule has 0 unspecified atom stereocenters. The van der Waals surface area contributed by atoms with Crippen LogP contribution in [0.25, 0.3) is 0 Å². The summed E-state index contributed by atoms with van der Waals surface area (Å²) in [6.07, 6.45) is -1.67. The molecule has 2 fully saturated rings. The van der Waals surface area contributed by atoms with E-state index >= 15 is 0 Å². The van der Waals surface area contributed by atoms with Gasteiger partial charge in [-0.2, -0.15) is 13.2 Å². The molecule has 8 heteroatoms. The summed E-state index contributed by atoms with van der Waals surface area (Å²) in [6.45, 7) is 0.110. The zero-order chi connectivity index (χ0) is 16.8. The molecule has 1 aromatic rings. The van der Waals surface area contributed by atoms with Crippen molar-refractivity contribution in [3.8, 4) is 0 Å². The first-order valence-corrected chi connectivity index (χ1v) is 7.30. The Bertz CT molecular complexity index is 662. The summed E-state index contributed by atoms with van der Waals surface area (Å²) in [5, 5.41) is 9.49. The fraction of sp³-hybridized carbons (Fsp3) is 0.533. The number of halogens is 3. The van der Waals surface area contributed by atoms with Gasteiger partial charge in [-0.1, -0.05) is 6.42 Å². The maximum absolute atomic E-state index is 13.0. The van der Waals surface area contributed by atoms with Crippen LogP contribution in [0.1, 0.15) is 35.3 Å². The molecule has 1 aliphatic heterocycles. The number of carbonyl (C=O) groups excluding carboxylic acids is 1. The lowest BCUT2D eigenvalue weighted by Gasteiger charge is -2.23. The first kappa shape index (κ1) is 15.8. The Kier molecular flexibility index (Phi) is 3.57. The molecule has 3 rings (SSSR count). The van der Waals surface area contributed by atoms with E-state index in [-0.39, 0.29) is 19.0 Å². The first-order chi connectivity index (χ1) is 10.8. The second-order valence-electron chi connectivity index (χ2n) is 6.13. The topological polar surface area (TPSA) is 70.5 Å². The SMILES string of the molecule is O=C(c1ncccc1C(F)(F)F)N1C[C@@H]2CCC[C@@]2(C(=O)O)C1. The van der Waals surface area contributed by atoms with Gasteiger partial charge in [-0.25, -0.2) is 0 Å². The molecule has 0 bridgehead atoms. The molecule has 1 amide bonds. The number of aromatic nitrogens is 1. The number of carbonyl (C=O) groups is 2. The summed E-state index contributed by atoms with van der Waals surface area (Å²) >= 11 is 0. The minimum Gasteiger partial charge on any atom is -0.481 e. The molecule has 0 spiro atoms. The van der Waals surface area contributed by atoms with E-state index in [1.807, 2.05) is 0 Å². The number of pyridine rings is 1. The van der Waals surface area contributed by atoms with Gasteiger partial charge in [-0.3, -0.25) is 14.6 Å². The third kappa shape index (κ3) is 2.46. The van der Waals surface area contributed by atoms with E-state index < -0.39 is 34.7 Å². The largest absolute Gasteiger partial charge is 0.481 e. The minimum atomic E-state index is -4.68. The van der Waals surface area contributed by atoms with Gasteiger partial charge in [0.2, 0.25) is 0 Å². The zero-order valence-corrected chi connectivity index (χ0v) is 12.1. The molecular weight excluding hydrogens is 313 g/mol. The Morgan fingerprint density at radius 3 is 2.74 bits per heavy atom. The predicted molar refractivity (Wildman–Crippen MR) is 72.6 cm³/mol. The van der Waals surface area contributed by atoms with Gasteiger partial charge in [0.25, 0.3) is 5.91 Å². The van der Waals surface area contributed by atoms with E-state index in [0.717, 1.165) is 24.8 Å². The standard InChI is InChI=1S/C15H15F3N2O3/c16-15(17,18)10-4-2-6-19-11(10)12(21)20-7-9-3-1-5-14(9,8-20)13(22)23/h2,4,6,9H,1,3,5,7-8H2,(H,22,23)/t9-,14+/m0/s1. The Morgan fingerprint density at radius 1 is 1.39 bits per heavy atom. The monoisotopic (exact) mass is 328 g/mol. The summed E-state index contributed by atoms with van der Waals surface area (Å²) in [5.41, 5.74) is -2.78. The van der Waals surface area contributed by atoms with E-state index in [1.54, 1.807) is 0 Å². The van der Waals surface area contributed by atoms with Crippen LogP contribution in [0.2, 0.25) is 0 Å². The van der Waals surface area contributed by atoms with Crippen LogP contribution in [0.5, 0.6) is 0 Å². The van der Waals surface area contributed by atoms with Crippen molar-refractivity contribution >= 4 is 11.9 Å². The number of likely N-dealkylation sites (tertiary alicyclic amines) is 1. The highest BCUT2D eigenvalue weighted by atomic mass is 19.4. The van der Waals surface area contributed by atoms with E-state index in [4.69, 9.17) is 0 Å². The molecule has 2 aliphatic rings. The van der Waals surface area contributed by atoms with Gasteiger partial charge in [-0.15, -0.1) is 0 Å². The number of carboxylic acids is 1. The van der Waals surface area contributed by atoms with Crippen LogP contribution in [-0.2, 0) is 11.0 Å². The van der Waals surface area contributed by atoms with Crippen LogP contribution in [0, 0.1) is 11.3 Å². The smallest absolute Gasteiger partial charge is 0.418 e. The molecule has 5 nitrogen and oxygen atoms in total. The van der Waals surface area contributed by atoms with Gasteiger partial charge in [0.15, 0.2) is 0 Å². The van der Waals surface area contributed by atoms with Crippen molar-refractivity contribution in [1.29, 1.82) is 0 Å². The normalized spacial score (nSPS) is 27.1. The number of amides is 1. The maximum atomic E-state index is 13.0. The van der Waals surface area contributed by atoms with Crippen LogP contribution >= 0.6 is 0 Å². The summed E-state index contributed by atoms with van der Waals surface area (Å²) in [6, 6.07) is 1.93. The fourth-order valence-corrected chi connectivity index (χ4v) is 3.75. The van der Waals surface area contributed by atoms with Crippen LogP contribution < -0.4 is 0 Å². The van der Waals surface area contributed by atoms with Gasteiger partial charge in [0.1, 0.15) is 5.69 Å². The van der Waals surface area contributed by atoms with Crippen molar-refractivity contribution in [2.24, 2.45) is 11.3 Å². The molecule has 1 saturated carbocycles. The molecule has 0 radical (unpaired) electrons. The minimum absolute atomic E-state index is 0.0558. The molecule has 23 heavy (non-hydrogen) atoms. The Morgan fingerprint density at radius 2 is 2.13 bits per heavy atom. The second kappa shape index (κ2) is 5.21. The Hall–Kier alpha value is -2.12. The molecule has 2 heterocycles. The Labute approximate surface area is 130 Å². The van der Waals surface area contributed by atoms with Crippen molar-refractivity contribution in [2.45, 2.75) is 25.4 Å². The second-order valence-corrected chi connectivity index (χ2v) is 6.13. The number of alkyl halides is 3. The number of carboxylic acid groups (broad SMARTS) is 1. The highest BCUT2D eigenvalue weighted by Gasteiger charge is 2.56. The molecular formula is C15H15F3N2O3. The van der Waals surface area contributed by atoms with Crippen molar-refractivity contribution in [3.05, 3.63) is 29.6 Å². The third-order valence-electron chi connectivity index (χ3n) is 4.90. The molecule has 1 aliphatic carbocycles. The fourth-order valence-electron chi connectivity index (χ4n) is 3.75. The lowest BCUT2D eigenvalue weighted by molar-refractivity contribution is -0.149. The van der Waals surface area contributed by atoms with Crippen molar-refractivity contribution in [3.63, 3.8) is 0 Å². The summed E-state index contributed by atoms with van der Waals surface area (Å²) < 4.78 is 39.1. The number of rotatable bonds is 2. The average Bonchev–Trinajstić information content (AvgIpc) is 3.03. The molecule has 0 aromatic carbocycles. The van der Waals surface area contributed by atoms with E-state index in [2.05, 4.69) is 4.98 Å². The molecule has 1 aromatic heterocycles. The average molecular weight is 328 g/mol. The van der Waals surface area contributed by atoms with Crippen LogP contribution in [0.3, 0.4) is 0 Å². The highest BCUT2D eigenvalue weighted by Crippen LogP contribution is 2.49. The van der Waals surface area contributed by atoms with Gasteiger partial charge in [-0.05, 0) is 30.9 Å². The van der Waals surface area contributed by atoms with Crippen molar-refractivity contribution in [1.82, 2.24) is 9.88 Å². The van der Waals surface area contributed by atoms with Gasteiger partial charge < -0.3 is 10.0 Å². The van der Waals surface area contributed by atoms with Gasteiger partial charge >= 0.3 is 12.1 Å². The third-order valence-corrected chi connectivity index (χ3v) is 4.90. The van der Waals surface area contributed by atoms with Gasteiger partial charge in [0.05, 0.1) is 11.0 Å². The lowest BCUT2D eigenvalue weighted by atomic mass is 9.81. The van der Waals surface area contributed by atoms with Gasteiger partial charge in [0, 0.05) is 19.3 Å². The molecule has 1 N–H and O–H groups in total. The van der Waals surface area contributed by atoms with Crippen molar-refractivity contribution < 1.29 is 27.9 Å². The van der Waals surface area contributed by atoms with E-state index in [1.165, 1.54) is 4.90 Å². The summed E-state index contributed by atoms with van der Waals surface area (Å²) in [7, 11) is 0. The number of nitrogens with zero attached hydrogens (tertiary/aromatic N) is 2. The van der Waals surface area contributed by atoms with Crippen LogP contribution in [0.4, 0.5) is 13.2 Å². The van der Waals surface area contributed by atoms with Crippen LogP contribution in [0.15, 0.2) is 18.3 Å². The quantitative estimate of drug-likeness (QED) is 0.905. The lowest BCUT2D eigenvalue weighted by Crippen LogP contribution is -2.38. The summed E-state index contributed by atoms with van der Waals surface area (Å²) in [4.78, 5) is 28.9. The molecule has 1 saturated heterocycles. The predicted octanol–water partition coefficient (Wildman–Crippen LogP) is 2.43.